The van der Waals surface area contributed by atoms with E-state index in [2.05, 4.69) is 13.8 Å². The van der Waals surface area contributed by atoms with Crippen LogP contribution in [0.5, 0.6) is 0 Å². The average Bonchev–Trinajstić information content (AvgIpc) is 0.772. The van der Waals surface area contributed by atoms with Crippen LogP contribution in [0.2, 0.25) is 0 Å². The van der Waals surface area contributed by atoms with Gasteiger partial charge in [0.1, 0.15) is 73.2 Å². The predicted octanol–water partition coefficient (Wildman–Crippen LogP) is 6.14. The first-order valence-electron chi connectivity index (χ1n) is 34.9. The van der Waals surface area contributed by atoms with Crippen molar-refractivity contribution in [2.24, 2.45) is 11.8 Å². The molecule has 24 nitrogen and oxygen atoms in total. The van der Waals surface area contributed by atoms with E-state index in [1.54, 1.807) is 58.9 Å². The fourth-order valence-electron chi connectivity index (χ4n) is 13.2. The Hall–Kier alpha value is -3.35. The smallest absolute Gasteiger partial charge is 0.331 e. The highest BCUT2D eigenvalue weighted by molar-refractivity contribution is 5.87. The third-order valence-corrected chi connectivity index (χ3v) is 19.2. The van der Waals surface area contributed by atoms with Gasteiger partial charge in [0.15, 0.2) is 43.5 Å². The molecule has 8 N–H and O–H groups in total. The SMILES string of the molecule is CCCCCCCC(=O)O[C@@H]1[C@@H](OC(=O)/C=C/c2ccccc2)[C@@H](O)[C@H](O[C@@H]2[C@@H](O[C@@H]3O[C@H](CO)[C@@H](O)[C@H](O)[C@H]3O)[C@@H](OC(=O)[C@@H](C)CC)[C@H](O[C@H]3[C@@H](O)[C@H]4OCCCCCCCCCCC(CCCCC)O[C@@H]5O[C@H](C)[C@H](O)[C@H](O)[C@H]5O[C@H]4C[C@@H]3C)O[C@H]2C)O[C@H]1C. The number of carbonyl (C=O) groups is 3. The lowest BCUT2D eigenvalue weighted by Gasteiger charge is -2.51. The standard InChI is InChI=1S/C69H112O24/c1-9-12-14-19-27-33-48(71)88-58-42(7)83-67(56(79)61(58)89-49(72)35-34-44-29-24-22-25-30-44)92-59-43(8)84-69(64(90-65(80)39(4)11-3)63(59)93-66-54(77)52(75)51(74)47(38-70)87-66)91-57-40(5)37-46-60(55(57)78)81-36-28-21-18-16-15-17-20-26-32-45(31-23-13-10-2)85-68-62(86-46)53(76)50(73)41(6)82-68/h22,24-25,29-30,34-35,39-43,45-47,50-64,66-70,73-79H,9-21,23,26-28,31-33,36-38H2,1-8H3/b35-34+/t39-,40-,41+,42-,43-,45?,46-,47+,50-,51+,52-,53-,54+,55+,56+,57+,58-,59-,60-,61-,62+,63+,64+,66-,67-,68-,69-/m0/s1. The number of unbranched alkanes of at least 4 members (excludes halogenated alkanes) is 6. The molecule has 6 aliphatic rings. The number of hydrogen-bond acceptors (Lipinski definition) is 24. The van der Waals surface area contributed by atoms with Gasteiger partial charge in [-0.15, -0.1) is 0 Å². The Bertz CT molecular complexity index is 2350. The number of rotatable bonds is 24. The quantitative estimate of drug-likeness (QED) is 0.0249. The van der Waals surface area contributed by atoms with Crippen molar-refractivity contribution in [1.29, 1.82) is 0 Å². The van der Waals surface area contributed by atoms with Crippen molar-refractivity contribution in [2.45, 2.75) is 344 Å². The number of aliphatic hydroxyl groups is 8. The minimum absolute atomic E-state index is 0.0457. The molecule has 7 rings (SSSR count). The normalized spacial score (nSPS) is 39.7. The van der Waals surface area contributed by atoms with Gasteiger partial charge in [0.05, 0.1) is 49.1 Å². The van der Waals surface area contributed by atoms with Gasteiger partial charge in [-0.1, -0.05) is 155 Å². The summed E-state index contributed by atoms with van der Waals surface area (Å²) in [5, 5.41) is 92.4. The second kappa shape index (κ2) is 38.7. The van der Waals surface area contributed by atoms with Crippen molar-refractivity contribution in [3.05, 3.63) is 42.0 Å². The lowest BCUT2D eigenvalue weighted by atomic mass is 9.81. The number of ether oxygens (including phenoxy) is 13. The molecule has 0 aromatic heterocycles. The molecule has 5 heterocycles. The summed E-state index contributed by atoms with van der Waals surface area (Å²) in [5.41, 5.74) is 0.675. The zero-order valence-electron chi connectivity index (χ0n) is 56.0. The number of carbonyl (C=O) groups excluding carboxylic acids is 3. The molecule has 27 atom stereocenters. The summed E-state index contributed by atoms with van der Waals surface area (Å²) in [5.74, 6) is -3.65. The van der Waals surface area contributed by atoms with E-state index >= 15 is 0 Å². The van der Waals surface area contributed by atoms with Gasteiger partial charge in [-0.05, 0) is 76.9 Å². The number of hydrogen-bond donors (Lipinski definition) is 8. The summed E-state index contributed by atoms with van der Waals surface area (Å²) in [4.78, 5) is 41.6. The highest BCUT2D eigenvalue weighted by atomic mass is 16.8. The van der Waals surface area contributed by atoms with E-state index in [1.807, 2.05) is 13.0 Å². The monoisotopic (exact) mass is 1320 g/mol. The zero-order chi connectivity index (χ0) is 67.3. The van der Waals surface area contributed by atoms with Gasteiger partial charge >= 0.3 is 17.9 Å². The Balaban J connectivity index is 1.22. The molecular weight excluding hydrogens is 1210 g/mol. The van der Waals surface area contributed by atoms with E-state index < -0.39 is 184 Å². The van der Waals surface area contributed by atoms with Crippen molar-refractivity contribution in [3.63, 3.8) is 0 Å². The molecule has 6 fully saturated rings. The van der Waals surface area contributed by atoms with Gasteiger partial charge < -0.3 is 102 Å². The van der Waals surface area contributed by atoms with Gasteiger partial charge in [-0.25, -0.2) is 4.79 Å². The highest BCUT2D eigenvalue weighted by Gasteiger charge is 2.59. The fourth-order valence-corrected chi connectivity index (χ4v) is 13.2. The van der Waals surface area contributed by atoms with Crippen LogP contribution >= 0.6 is 0 Å². The van der Waals surface area contributed by atoms with Gasteiger partial charge in [0.2, 0.25) is 0 Å². The molecule has 0 radical (unpaired) electrons. The van der Waals surface area contributed by atoms with E-state index in [4.69, 9.17) is 61.6 Å². The van der Waals surface area contributed by atoms with Crippen LogP contribution in [0.3, 0.4) is 0 Å². The molecule has 1 saturated carbocycles. The molecule has 532 valence electrons. The first-order chi connectivity index (χ1) is 44.7. The molecular formula is C69H112O24. The lowest BCUT2D eigenvalue weighted by molar-refractivity contribution is -0.390. The van der Waals surface area contributed by atoms with Crippen LogP contribution in [0.1, 0.15) is 196 Å². The second-order valence-electron chi connectivity index (χ2n) is 26.6. The summed E-state index contributed by atoms with van der Waals surface area (Å²) in [6.45, 7) is 13.6. The number of benzene rings is 1. The van der Waals surface area contributed by atoms with Crippen LogP contribution in [0.25, 0.3) is 6.08 Å². The molecule has 0 amide bonds. The van der Waals surface area contributed by atoms with Crippen molar-refractivity contribution < 1.29 is 117 Å². The third kappa shape index (κ3) is 21.6. The van der Waals surface area contributed by atoms with Gasteiger partial charge in [-0.2, -0.15) is 0 Å². The molecule has 1 aliphatic carbocycles. The summed E-state index contributed by atoms with van der Waals surface area (Å²) in [7, 11) is 0. The van der Waals surface area contributed by atoms with Gasteiger partial charge in [0, 0.05) is 19.1 Å². The Morgan fingerprint density at radius 3 is 1.89 bits per heavy atom. The molecule has 93 heavy (non-hydrogen) atoms. The van der Waals surface area contributed by atoms with Crippen molar-refractivity contribution in [3.8, 4) is 0 Å². The van der Waals surface area contributed by atoms with E-state index in [-0.39, 0.29) is 25.6 Å². The first kappa shape index (κ1) is 77.0. The Kier molecular flexibility index (Phi) is 32.0. The van der Waals surface area contributed by atoms with Crippen molar-refractivity contribution in [2.75, 3.05) is 13.2 Å². The maximum Gasteiger partial charge on any atom is 0.331 e. The lowest BCUT2D eigenvalue weighted by Crippen LogP contribution is -2.68. The Labute approximate surface area is 549 Å². The minimum Gasteiger partial charge on any atom is -0.455 e. The molecule has 1 aromatic carbocycles. The summed E-state index contributed by atoms with van der Waals surface area (Å²) in [6.07, 6.45) is -15.9. The zero-order valence-corrected chi connectivity index (χ0v) is 56.0. The van der Waals surface area contributed by atoms with E-state index in [0.29, 0.717) is 24.8 Å². The molecule has 0 spiro atoms. The number of aliphatic hydroxyl groups excluding tert-OH is 8. The Morgan fingerprint density at radius 2 is 1.19 bits per heavy atom. The number of fused-ring (bicyclic) bond motifs is 2. The van der Waals surface area contributed by atoms with Crippen LogP contribution in [0.15, 0.2) is 36.4 Å². The van der Waals surface area contributed by atoms with E-state index in [0.717, 1.165) is 109 Å². The third-order valence-electron chi connectivity index (χ3n) is 19.2. The van der Waals surface area contributed by atoms with Crippen LogP contribution in [-0.2, 0) is 76.0 Å². The van der Waals surface area contributed by atoms with Crippen molar-refractivity contribution in [1.82, 2.24) is 0 Å². The molecule has 5 aliphatic heterocycles. The van der Waals surface area contributed by atoms with Crippen LogP contribution < -0.4 is 0 Å². The van der Waals surface area contributed by atoms with Crippen molar-refractivity contribution >= 4 is 24.0 Å². The second-order valence-corrected chi connectivity index (χ2v) is 26.6. The predicted molar refractivity (Wildman–Crippen MR) is 336 cm³/mol. The van der Waals surface area contributed by atoms with E-state index in [1.165, 1.54) is 6.08 Å². The molecule has 5 saturated heterocycles. The van der Waals surface area contributed by atoms with Crippen LogP contribution in [0, 0.1) is 11.8 Å². The average molecular weight is 1330 g/mol. The largest absolute Gasteiger partial charge is 0.455 e. The van der Waals surface area contributed by atoms with Gasteiger partial charge in [-0.3, -0.25) is 9.59 Å². The van der Waals surface area contributed by atoms with Gasteiger partial charge in [0.25, 0.3) is 0 Å². The molecule has 1 unspecified atom stereocenters. The van der Waals surface area contributed by atoms with Crippen LogP contribution in [0.4, 0.5) is 0 Å². The molecule has 24 heteroatoms. The fraction of sp³-hybridized carbons (Fsp3) is 0.841. The topological polar surface area (TPSA) is 333 Å². The summed E-state index contributed by atoms with van der Waals surface area (Å²) >= 11 is 0. The van der Waals surface area contributed by atoms with E-state index in [9.17, 15) is 55.2 Å². The maximum atomic E-state index is 14.3. The minimum atomic E-state index is -2.00. The Morgan fingerprint density at radius 1 is 0.559 bits per heavy atom. The molecule has 1 aromatic rings. The molecule has 0 bridgehead atoms. The summed E-state index contributed by atoms with van der Waals surface area (Å²) < 4.78 is 84.1. The van der Waals surface area contributed by atoms with Crippen LogP contribution in [-0.4, -0.2) is 225 Å². The maximum absolute atomic E-state index is 14.3. The highest BCUT2D eigenvalue weighted by Crippen LogP contribution is 2.41. The summed E-state index contributed by atoms with van der Waals surface area (Å²) in [6, 6.07) is 8.94. The number of esters is 3. The first-order valence-corrected chi connectivity index (χ1v) is 34.9.